The lowest BCUT2D eigenvalue weighted by Gasteiger charge is -2.60. The highest BCUT2D eigenvalue weighted by Gasteiger charge is 2.62. The molecule has 0 aromatic heterocycles. The molecule has 0 aromatic carbocycles. The van der Waals surface area contributed by atoms with Crippen molar-refractivity contribution < 1.29 is 15.0 Å². The molecule has 0 amide bonds. The van der Waals surface area contributed by atoms with Crippen molar-refractivity contribution in [3.63, 3.8) is 0 Å². The van der Waals surface area contributed by atoms with Crippen molar-refractivity contribution in [3.8, 4) is 0 Å². The number of Topliss-reactive ketones (excluding diaryl/α,β-unsaturated/α-hetero) is 1. The number of aliphatic hydroxyl groups is 2. The smallest absolute Gasteiger partial charge is 0.136 e. The summed E-state index contributed by atoms with van der Waals surface area (Å²) >= 11 is 0. The van der Waals surface area contributed by atoms with Crippen molar-refractivity contribution in [2.24, 2.45) is 40.4 Å². The van der Waals surface area contributed by atoms with Crippen molar-refractivity contribution in [1.82, 2.24) is 0 Å². The Labute approximate surface area is 146 Å². The Hall–Kier alpha value is -0.410. The van der Waals surface area contributed by atoms with E-state index in [9.17, 15) is 15.0 Å². The highest BCUT2D eigenvalue weighted by Crippen LogP contribution is 2.67. The summed E-state index contributed by atoms with van der Waals surface area (Å²) in [5.41, 5.74) is 0.368. The number of carbonyl (C=O) groups excluding carboxylic acids is 1. The molecule has 4 aliphatic rings. The van der Waals surface area contributed by atoms with E-state index in [4.69, 9.17) is 0 Å². The van der Waals surface area contributed by atoms with E-state index in [2.05, 4.69) is 13.8 Å². The van der Waals surface area contributed by atoms with Crippen LogP contribution in [0.4, 0.5) is 0 Å². The number of aliphatic hydroxyl groups excluding tert-OH is 2. The SMILES string of the molecule is CC(=O)[C@H]1[C@H](O)C[C@@H]2[C@@H]3CC[C@@H]4C[C@H](O)CC[C@]4(C)[C@@H]3CC[C@@]21C. The first-order valence-electron chi connectivity index (χ1n) is 10.1. The Balaban J connectivity index is 1.64. The van der Waals surface area contributed by atoms with Crippen LogP contribution in [0.2, 0.25) is 0 Å². The zero-order valence-corrected chi connectivity index (χ0v) is 15.5. The van der Waals surface area contributed by atoms with Crippen LogP contribution in [0.3, 0.4) is 0 Å². The zero-order chi connectivity index (χ0) is 17.3. The largest absolute Gasteiger partial charge is 0.393 e. The fourth-order valence-corrected chi connectivity index (χ4v) is 7.98. The number of carbonyl (C=O) groups is 1. The van der Waals surface area contributed by atoms with E-state index in [0.717, 1.165) is 38.0 Å². The molecule has 0 aromatic rings. The predicted octanol–water partition coefficient (Wildman–Crippen LogP) is 3.57. The summed E-state index contributed by atoms with van der Waals surface area (Å²) in [6.45, 7) is 6.44. The molecule has 0 aliphatic heterocycles. The summed E-state index contributed by atoms with van der Waals surface area (Å²) in [4.78, 5) is 12.2. The van der Waals surface area contributed by atoms with Gasteiger partial charge in [-0.3, -0.25) is 4.79 Å². The molecule has 4 fully saturated rings. The third-order valence-corrected chi connectivity index (χ3v) is 9.10. The first-order chi connectivity index (χ1) is 11.3. The van der Waals surface area contributed by atoms with Crippen LogP contribution in [0.5, 0.6) is 0 Å². The Morgan fingerprint density at radius 1 is 0.917 bits per heavy atom. The summed E-state index contributed by atoms with van der Waals surface area (Å²) in [5.74, 6) is 2.60. The first-order valence-corrected chi connectivity index (χ1v) is 10.1. The van der Waals surface area contributed by atoms with Crippen LogP contribution in [-0.4, -0.2) is 28.2 Å². The Morgan fingerprint density at radius 2 is 1.62 bits per heavy atom. The summed E-state index contributed by atoms with van der Waals surface area (Å²) in [6, 6.07) is 0. The summed E-state index contributed by atoms with van der Waals surface area (Å²) in [7, 11) is 0. The van der Waals surface area contributed by atoms with E-state index in [1.807, 2.05) is 0 Å². The number of rotatable bonds is 1. The number of hydrogen-bond donors (Lipinski definition) is 2. The normalized spacial score (nSPS) is 57.0. The van der Waals surface area contributed by atoms with Crippen LogP contribution in [0.15, 0.2) is 0 Å². The second-order valence-corrected chi connectivity index (χ2v) is 10.0. The Bertz CT molecular complexity index is 531. The van der Waals surface area contributed by atoms with E-state index in [0.29, 0.717) is 23.2 Å². The average molecular weight is 335 g/mol. The molecule has 0 bridgehead atoms. The average Bonchev–Trinajstić information content (AvgIpc) is 2.78. The third-order valence-electron chi connectivity index (χ3n) is 9.10. The van der Waals surface area contributed by atoms with Gasteiger partial charge in [0.1, 0.15) is 5.78 Å². The molecule has 0 spiro atoms. The van der Waals surface area contributed by atoms with Crippen LogP contribution >= 0.6 is 0 Å². The Morgan fingerprint density at radius 3 is 2.33 bits per heavy atom. The maximum absolute atomic E-state index is 12.2. The van der Waals surface area contributed by atoms with Crippen LogP contribution < -0.4 is 0 Å². The maximum Gasteiger partial charge on any atom is 0.136 e. The van der Waals surface area contributed by atoms with Gasteiger partial charge in [0.15, 0.2) is 0 Å². The predicted molar refractivity (Wildman–Crippen MR) is 93.3 cm³/mol. The zero-order valence-electron chi connectivity index (χ0n) is 15.5. The van der Waals surface area contributed by atoms with Gasteiger partial charge in [0.05, 0.1) is 12.2 Å². The van der Waals surface area contributed by atoms with E-state index < -0.39 is 6.10 Å². The van der Waals surface area contributed by atoms with E-state index in [-0.39, 0.29) is 23.2 Å². The van der Waals surface area contributed by atoms with E-state index in [1.54, 1.807) is 6.92 Å². The highest BCUT2D eigenvalue weighted by molar-refractivity contribution is 5.80. The molecule has 4 rings (SSSR count). The second kappa shape index (κ2) is 5.54. The fraction of sp³-hybridized carbons (Fsp3) is 0.952. The van der Waals surface area contributed by atoms with Gasteiger partial charge in [0.25, 0.3) is 0 Å². The van der Waals surface area contributed by atoms with Gasteiger partial charge in [0, 0.05) is 5.92 Å². The number of fused-ring (bicyclic) bond motifs is 5. The van der Waals surface area contributed by atoms with Gasteiger partial charge in [-0.05, 0) is 92.8 Å². The van der Waals surface area contributed by atoms with Crippen LogP contribution in [-0.2, 0) is 4.79 Å². The van der Waals surface area contributed by atoms with Gasteiger partial charge in [-0.15, -0.1) is 0 Å². The molecule has 24 heavy (non-hydrogen) atoms. The summed E-state index contributed by atoms with van der Waals surface area (Å²) < 4.78 is 0. The third kappa shape index (κ3) is 2.19. The molecule has 9 atom stereocenters. The van der Waals surface area contributed by atoms with Gasteiger partial charge < -0.3 is 10.2 Å². The molecule has 3 heteroatoms. The van der Waals surface area contributed by atoms with E-state index in [1.165, 1.54) is 19.3 Å². The van der Waals surface area contributed by atoms with Gasteiger partial charge >= 0.3 is 0 Å². The van der Waals surface area contributed by atoms with Gasteiger partial charge in [0.2, 0.25) is 0 Å². The second-order valence-electron chi connectivity index (χ2n) is 10.0. The van der Waals surface area contributed by atoms with Crippen LogP contribution in [0.25, 0.3) is 0 Å². The van der Waals surface area contributed by atoms with Crippen molar-refractivity contribution in [2.75, 3.05) is 0 Å². The molecule has 2 N–H and O–H groups in total. The number of ketones is 1. The minimum absolute atomic E-state index is 0.00376. The summed E-state index contributed by atoms with van der Waals surface area (Å²) in [6.07, 6.45) is 8.14. The molecule has 0 heterocycles. The maximum atomic E-state index is 12.2. The molecule has 136 valence electrons. The van der Waals surface area contributed by atoms with Crippen molar-refractivity contribution >= 4 is 5.78 Å². The lowest BCUT2D eigenvalue weighted by atomic mass is 9.44. The standard InChI is InChI=1S/C21H34O3/c1-12(22)19-18(24)11-17-15-5-4-13-10-14(23)6-8-20(13,2)16(15)7-9-21(17,19)3/h13-19,23-24H,4-11H2,1-3H3/t13-,14-,15-,16-,17-,18-,19+,20+,21+/m1/s1. The van der Waals surface area contributed by atoms with Gasteiger partial charge in [-0.25, -0.2) is 0 Å². The summed E-state index contributed by atoms with van der Waals surface area (Å²) in [5, 5.41) is 20.7. The van der Waals surface area contributed by atoms with Crippen molar-refractivity contribution in [2.45, 2.75) is 84.3 Å². The highest BCUT2D eigenvalue weighted by atomic mass is 16.3. The van der Waals surface area contributed by atoms with Crippen LogP contribution in [0.1, 0.15) is 72.1 Å². The van der Waals surface area contributed by atoms with E-state index >= 15 is 0 Å². The molecular weight excluding hydrogens is 300 g/mol. The minimum Gasteiger partial charge on any atom is -0.393 e. The van der Waals surface area contributed by atoms with Crippen LogP contribution in [0, 0.1) is 40.4 Å². The fourth-order valence-electron chi connectivity index (χ4n) is 7.98. The Kier molecular flexibility index (Phi) is 3.93. The molecule has 0 unspecified atom stereocenters. The molecule has 0 radical (unpaired) electrons. The first kappa shape index (κ1) is 17.0. The molecular formula is C21H34O3. The van der Waals surface area contributed by atoms with Gasteiger partial charge in [-0.1, -0.05) is 13.8 Å². The monoisotopic (exact) mass is 334 g/mol. The quantitative estimate of drug-likeness (QED) is 0.771. The molecule has 4 saturated carbocycles. The number of hydrogen-bond acceptors (Lipinski definition) is 3. The lowest BCUT2D eigenvalue weighted by molar-refractivity contribution is -0.140. The topological polar surface area (TPSA) is 57.5 Å². The molecule has 4 aliphatic carbocycles. The molecule has 3 nitrogen and oxygen atoms in total. The molecule has 0 saturated heterocycles. The lowest BCUT2D eigenvalue weighted by Crippen LogP contribution is -2.54. The minimum atomic E-state index is -0.435. The van der Waals surface area contributed by atoms with Crippen molar-refractivity contribution in [1.29, 1.82) is 0 Å². The van der Waals surface area contributed by atoms with Crippen molar-refractivity contribution in [3.05, 3.63) is 0 Å². The van der Waals surface area contributed by atoms with Gasteiger partial charge in [-0.2, -0.15) is 0 Å².